The molecule has 9 nitrogen and oxygen atoms in total. The zero-order valence-corrected chi connectivity index (χ0v) is 19.4. The number of hydrogen-bond donors (Lipinski definition) is 1. The van der Waals surface area contributed by atoms with Gasteiger partial charge in [0.25, 0.3) is 0 Å². The highest BCUT2D eigenvalue weighted by Gasteiger charge is 2.67. The molecule has 9 heteroatoms. The highest BCUT2D eigenvalue weighted by atomic mass is 16.5. The van der Waals surface area contributed by atoms with E-state index in [1.165, 1.54) is 21.3 Å². The van der Waals surface area contributed by atoms with Gasteiger partial charge in [-0.25, -0.2) is 0 Å². The number of fused-ring (bicyclic) bond motifs is 1. The summed E-state index contributed by atoms with van der Waals surface area (Å²) >= 11 is 0. The SMILES string of the molecule is COc1ccccc1N1C[C@@]23C=C[C@@H](O2)[C@H](C(=O)Nc2cc(OC)c(OC)c(OC)c2)[C@H]3C1=O. The van der Waals surface area contributed by atoms with E-state index in [1.54, 1.807) is 30.2 Å². The molecule has 3 aliphatic rings. The van der Waals surface area contributed by atoms with Crippen molar-refractivity contribution in [3.05, 3.63) is 48.6 Å². The molecule has 0 unspecified atom stereocenters. The topological polar surface area (TPSA) is 95.6 Å². The van der Waals surface area contributed by atoms with Crippen molar-refractivity contribution in [1.82, 2.24) is 0 Å². The summed E-state index contributed by atoms with van der Waals surface area (Å²) in [7, 11) is 6.08. The summed E-state index contributed by atoms with van der Waals surface area (Å²) in [6, 6.07) is 10.6. The Balaban J connectivity index is 1.44. The number of rotatable bonds is 7. The molecular formula is C25H26N2O7. The van der Waals surface area contributed by atoms with E-state index in [0.717, 1.165) is 0 Å². The number of methoxy groups -OCH3 is 4. The van der Waals surface area contributed by atoms with Gasteiger partial charge in [-0.1, -0.05) is 24.3 Å². The predicted molar refractivity (Wildman–Crippen MR) is 124 cm³/mol. The maximum absolute atomic E-state index is 13.6. The molecule has 2 saturated heterocycles. The van der Waals surface area contributed by atoms with Crippen LogP contribution in [0.4, 0.5) is 11.4 Å². The van der Waals surface area contributed by atoms with Gasteiger partial charge >= 0.3 is 0 Å². The molecule has 178 valence electrons. The molecule has 2 amide bonds. The molecule has 2 aromatic rings. The first kappa shape index (κ1) is 22.1. The fourth-order valence-corrected chi connectivity index (χ4v) is 5.23. The molecule has 0 aromatic heterocycles. The van der Waals surface area contributed by atoms with Crippen LogP contribution < -0.4 is 29.2 Å². The van der Waals surface area contributed by atoms with Crippen LogP contribution in [-0.2, 0) is 14.3 Å². The van der Waals surface area contributed by atoms with Crippen LogP contribution >= 0.6 is 0 Å². The monoisotopic (exact) mass is 466 g/mol. The van der Waals surface area contributed by atoms with Crippen molar-refractivity contribution in [3.63, 3.8) is 0 Å². The lowest BCUT2D eigenvalue weighted by atomic mass is 9.76. The molecule has 2 aromatic carbocycles. The number of anilines is 2. The van der Waals surface area contributed by atoms with Crippen molar-refractivity contribution < 1.29 is 33.3 Å². The molecular weight excluding hydrogens is 440 g/mol. The second kappa shape index (κ2) is 8.25. The van der Waals surface area contributed by atoms with Crippen molar-refractivity contribution in [2.24, 2.45) is 11.8 Å². The third-order valence-corrected chi connectivity index (χ3v) is 6.71. The maximum Gasteiger partial charge on any atom is 0.234 e. The summed E-state index contributed by atoms with van der Waals surface area (Å²) in [5, 5.41) is 2.91. The molecule has 2 bridgehead atoms. The highest BCUT2D eigenvalue weighted by Crippen LogP contribution is 2.53. The van der Waals surface area contributed by atoms with Gasteiger partial charge in [0.1, 0.15) is 11.4 Å². The van der Waals surface area contributed by atoms with E-state index in [2.05, 4.69) is 5.32 Å². The van der Waals surface area contributed by atoms with Gasteiger partial charge in [0.15, 0.2) is 11.5 Å². The van der Waals surface area contributed by atoms with Gasteiger partial charge in [-0.2, -0.15) is 0 Å². The van der Waals surface area contributed by atoms with E-state index in [0.29, 0.717) is 40.9 Å². The zero-order chi connectivity index (χ0) is 24.0. The molecule has 0 radical (unpaired) electrons. The van der Waals surface area contributed by atoms with Crippen LogP contribution in [0.3, 0.4) is 0 Å². The smallest absolute Gasteiger partial charge is 0.234 e. The number of ether oxygens (including phenoxy) is 5. The van der Waals surface area contributed by atoms with Gasteiger partial charge in [-0.3, -0.25) is 9.59 Å². The van der Waals surface area contributed by atoms with Gasteiger partial charge in [0.05, 0.1) is 58.6 Å². The number of benzene rings is 2. The van der Waals surface area contributed by atoms with Crippen molar-refractivity contribution in [2.75, 3.05) is 45.2 Å². The molecule has 3 aliphatic heterocycles. The zero-order valence-electron chi connectivity index (χ0n) is 19.4. The Labute approximate surface area is 197 Å². The summed E-state index contributed by atoms with van der Waals surface area (Å²) in [5.41, 5.74) is 0.273. The van der Waals surface area contributed by atoms with Gasteiger partial charge in [0.2, 0.25) is 17.6 Å². The normalized spacial score (nSPS) is 26.4. The minimum absolute atomic E-state index is 0.165. The summed E-state index contributed by atoms with van der Waals surface area (Å²) in [6.07, 6.45) is 3.31. The van der Waals surface area contributed by atoms with Crippen LogP contribution in [0.2, 0.25) is 0 Å². The Kier molecular flexibility index (Phi) is 5.36. The first-order valence-corrected chi connectivity index (χ1v) is 10.9. The summed E-state index contributed by atoms with van der Waals surface area (Å²) in [6.45, 7) is 0.317. The van der Waals surface area contributed by atoms with Crippen molar-refractivity contribution in [2.45, 2.75) is 11.7 Å². The maximum atomic E-state index is 13.6. The lowest BCUT2D eigenvalue weighted by Crippen LogP contribution is -2.41. The van der Waals surface area contributed by atoms with Crippen LogP contribution in [0.25, 0.3) is 0 Å². The van der Waals surface area contributed by atoms with E-state index in [4.69, 9.17) is 23.7 Å². The summed E-state index contributed by atoms with van der Waals surface area (Å²) in [5.74, 6) is 0.0302. The van der Waals surface area contributed by atoms with Gasteiger partial charge in [0, 0.05) is 17.8 Å². The second-order valence-corrected chi connectivity index (χ2v) is 8.40. The molecule has 34 heavy (non-hydrogen) atoms. The molecule has 0 saturated carbocycles. The van der Waals surface area contributed by atoms with E-state index in [9.17, 15) is 9.59 Å². The molecule has 2 fully saturated rings. The fourth-order valence-electron chi connectivity index (χ4n) is 5.23. The van der Waals surface area contributed by atoms with Crippen LogP contribution in [0, 0.1) is 11.8 Å². The largest absolute Gasteiger partial charge is 0.495 e. The Morgan fingerprint density at radius 2 is 1.71 bits per heavy atom. The third-order valence-electron chi connectivity index (χ3n) is 6.71. The fraction of sp³-hybridized carbons (Fsp3) is 0.360. The lowest BCUT2D eigenvalue weighted by Gasteiger charge is -2.24. The van der Waals surface area contributed by atoms with Gasteiger partial charge in [-0.15, -0.1) is 0 Å². The lowest BCUT2D eigenvalue weighted by molar-refractivity contribution is -0.128. The number of carbonyl (C=O) groups is 2. The minimum Gasteiger partial charge on any atom is -0.495 e. The average Bonchev–Trinajstić information content (AvgIpc) is 3.51. The quantitative estimate of drug-likeness (QED) is 0.627. The van der Waals surface area contributed by atoms with Crippen molar-refractivity contribution in [1.29, 1.82) is 0 Å². The van der Waals surface area contributed by atoms with Gasteiger partial charge < -0.3 is 33.9 Å². The Hall–Kier alpha value is -3.72. The predicted octanol–water partition coefficient (Wildman–Crippen LogP) is 2.65. The third kappa shape index (κ3) is 3.19. The highest BCUT2D eigenvalue weighted by molar-refractivity contribution is 6.06. The second-order valence-electron chi connectivity index (χ2n) is 8.40. The van der Waals surface area contributed by atoms with E-state index < -0.39 is 23.5 Å². The molecule has 3 heterocycles. The molecule has 1 spiro atoms. The minimum atomic E-state index is -0.847. The number of para-hydroxylation sites is 2. The van der Waals surface area contributed by atoms with Crippen LogP contribution in [0.15, 0.2) is 48.6 Å². The number of hydrogen-bond acceptors (Lipinski definition) is 7. The van der Waals surface area contributed by atoms with Crippen LogP contribution in [0.1, 0.15) is 0 Å². The number of carbonyl (C=O) groups excluding carboxylic acids is 2. The molecule has 0 aliphatic carbocycles. The number of nitrogens with one attached hydrogen (secondary N) is 1. The Morgan fingerprint density at radius 1 is 1.03 bits per heavy atom. The van der Waals surface area contributed by atoms with Crippen LogP contribution in [-0.4, -0.2) is 58.5 Å². The Bertz CT molecular complexity index is 1150. The Morgan fingerprint density at radius 3 is 2.35 bits per heavy atom. The summed E-state index contributed by atoms with van der Waals surface area (Å²) < 4.78 is 27.8. The summed E-state index contributed by atoms with van der Waals surface area (Å²) in [4.78, 5) is 28.7. The average molecular weight is 466 g/mol. The number of amides is 2. The van der Waals surface area contributed by atoms with E-state index in [-0.39, 0.29) is 11.8 Å². The van der Waals surface area contributed by atoms with E-state index in [1.807, 2.05) is 30.4 Å². The first-order chi connectivity index (χ1) is 16.5. The molecule has 5 rings (SSSR count). The van der Waals surface area contributed by atoms with E-state index >= 15 is 0 Å². The standard InChI is InChI=1S/C25H26N2O7/c1-30-16-8-6-5-7-15(16)27-13-25-10-9-17(34-25)20(21(25)24(27)29)23(28)26-14-11-18(31-2)22(33-4)19(12-14)32-3/h5-12,17,20-21H,13H2,1-4H3,(H,26,28)/t17-,20+,21+,25-/m1/s1. The molecule has 1 N–H and O–H groups in total. The number of nitrogens with zero attached hydrogens (tertiary/aromatic N) is 1. The van der Waals surface area contributed by atoms with Crippen LogP contribution in [0.5, 0.6) is 23.0 Å². The first-order valence-electron chi connectivity index (χ1n) is 10.9. The van der Waals surface area contributed by atoms with Crippen molar-refractivity contribution >= 4 is 23.2 Å². The molecule has 4 atom stereocenters. The van der Waals surface area contributed by atoms with Gasteiger partial charge in [-0.05, 0) is 12.1 Å². The van der Waals surface area contributed by atoms with Crippen molar-refractivity contribution in [3.8, 4) is 23.0 Å².